The first-order valence-electron chi connectivity index (χ1n) is 6.53. The summed E-state index contributed by atoms with van der Waals surface area (Å²) in [7, 11) is 0. The molecule has 0 saturated carbocycles. The largest absolute Gasteiger partial charge is 0.472 e. The first kappa shape index (κ1) is 12.4. The van der Waals surface area contributed by atoms with E-state index in [9.17, 15) is 5.11 Å². The van der Waals surface area contributed by atoms with Gasteiger partial charge in [0.25, 0.3) is 0 Å². The van der Waals surface area contributed by atoms with Crippen molar-refractivity contribution in [1.29, 1.82) is 0 Å². The lowest BCUT2D eigenvalue weighted by Crippen LogP contribution is -2.21. The Morgan fingerprint density at radius 1 is 1.41 bits per heavy atom. The highest BCUT2D eigenvalue weighted by atomic mass is 16.3. The van der Waals surface area contributed by atoms with Crippen LogP contribution in [-0.2, 0) is 6.42 Å². The summed E-state index contributed by atoms with van der Waals surface area (Å²) in [6.07, 6.45) is 9.13. The molecular weight excluding hydrogens is 212 g/mol. The Morgan fingerprint density at radius 2 is 2.24 bits per heavy atom. The lowest BCUT2D eigenvalue weighted by Gasteiger charge is -2.31. The predicted octanol–water partition coefficient (Wildman–Crippen LogP) is 3.42. The van der Waals surface area contributed by atoms with Gasteiger partial charge in [-0.05, 0) is 42.7 Å². The maximum absolute atomic E-state index is 9.30. The molecule has 0 amide bonds. The van der Waals surface area contributed by atoms with Gasteiger partial charge in [0, 0.05) is 12.5 Å². The van der Waals surface area contributed by atoms with Crippen LogP contribution in [0.25, 0.3) is 0 Å². The van der Waals surface area contributed by atoms with Crippen LogP contribution in [0, 0.1) is 17.8 Å². The van der Waals surface area contributed by atoms with Crippen LogP contribution in [0.3, 0.4) is 0 Å². The van der Waals surface area contributed by atoms with E-state index >= 15 is 0 Å². The molecule has 2 rings (SSSR count). The fourth-order valence-electron chi connectivity index (χ4n) is 2.81. The first-order chi connectivity index (χ1) is 8.20. The zero-order valence-corrected chi connectivity index (χ0v) is 10.7. The molecule has 2 atom stereocenters. The normalized spacial score (nSPS) is 25.1. The molecule has 0 aliphatic heterocycles. The first-order valence-corrected chi connectivity index (χ1v) is 6.53. The van der Waals surface area contributed by atoms with Crippen LogP contribution >= 0.6 is 0 Å². The van der Waals surface area contributed by atoms with E-state index in [0.29, 0.717) is 17.8 Å². The van der Waals surface area contributed by atoms with Crippen molar-refractivity contribution in [2.24, 2.45) is 17.8 Å². The predicted molar refractivity (Wildman–Crippen MR) is 68.6 cm³/mol. The SMILES string of the molecule is CC(C)[C@H]1CC[C@H](CO)C=C1Cc1ccoc1. The highest BCUT2D eigenvalue weighted by Gasteiger charge is 2.25. The van der Waals surface area contributed by atoms with Crippen molar-refractivity contribution < 1.29 is 9.52 Å². The fraction of sp³-hybridized carbons (Fsp3) is 0.600. The number of hydrogen-bond acceptors (Lipinski definition) is 2. The standard InChI is InChI=1S/C15H22O2/c1-11(2)15-4-3-12(9-16)7-14(15)8-13-5-6-17-10-13/h5-7,10-12,15-16H,3-4,8-9H2,1-2H3/t12-,15+/m0/s1. The van der Waals surface area contributed by atoms with Crippen LogP contribution in [0.1, 0.15) is 32.3 Å². The third kappa shape index (κ3) is 3.01. The Bertz CT molecular complexity index is 362. The van der Waals surface area contributed by atoms with Crippen LogP contribution in [-0.4, -0.2) is 11.7 Å². The monoisotopic (exact) mass is 234 g/mol. The van der Waals surface area contributed by atoms with Crippen molar-refractivity contribution >= 4 is 0 Å². The molecule has 0 saturated heterocycles. The molecule has 0 aromatic carbocycles. The van der Waals surface area contributed by atoms with E-state index in [1.54, 1.807) is 6.26 Å². The molecule has 0 radical (unpaired) electrons. The molecule has 1 heterocycles. The molecule has 0 bridgehead atoms. The summed E-state index contributed by atoms with van der Waals surface area (Å²) in [4.78, 5) is 0. The highest BCUT2D eigenvalue weighted by molar-refractivity contribution is 5.22. The number of furan rings is 1. The van der Waals surface area contributed by atoms with Crippen molar-refractivity contribution in [2.45, 2.75) is 33.1 Å². The van der Waals surface area contributed by atoms with E-state index in [4.69, 9.17) is 4.42 Å². The van der Waals surface area contributed by atoms with Crippen LogP contribution in [0.4, 0.5) is 0 Å². The van der Waals surface area contributed by atoms with Crippen molar-refractivity contribution in [1.82, 2.24) is 0 Å². The summed E-state index contributed by atoms with van der Waals surface area (Å²) in [5, 5.41) is 9.30. The number of allylic oxidation sites excluding steroid dienone is 1. The molecular formula is C15H22O2. The second kappa shape index (κ2) is 5.54. The van der Waals surface area contributed by atoms with Crippen LogP contribution in [0.5, 0.6) is 0 Å². The molecule has 0 fully saturated rings. The van der Waals surface area contributed by atoms with E-state index in [-0.39, 0.29) is 6.61 Å². The third-order valence-electron chi connectivity index (χ3n) is 3.80. The maximum Gasteiger partial charge on any atom is 0.0937 e. The van der Waals surface area contributed by atoms with Gasteiger partial charge >= 0.3 is 0 Å². The Kier molecular flexibility index (Phi) is 4.06. The van der Waals surface area contributed by atoms with Gasteiger partial charge in [-0.1, -0.05) is 25.5 Å². The number of aliphatic hydroxyl groups is 1. The third-order valence-corrected chi connectivity index (χ3v) is 3.80. The molecule has 17 heavy (non-hydrogen) atoms. The number of aliphatic hydroxyl groups excluding tert-OH is 1. The van der Waals surface area contributed by atoms with E-state index < -0.39 is 0 Å². The zero-order chi connectivity index (χ0) is 12.3. The van der Waals surface area contributed by atoms with Gasteiger partial charge < -0.3 is 9.52 Å². The lowest BCUT2D eigenvalue weighted by atomic mass is 9.75. The van der Waals surface area contributed by atoms with Gasteiger partial charge in [-0.3, -0.25) is 0 Å². The summed E-state index contributed by atoms with van der Waals surface area (Å²) in [6, 6.07) is 2.03. The Hall–Kier alpha value is -1.02. The molecule has 94 valence electrons. The van der Waals surface area contributed by atoms with Gasteiger partial charge in [-0.2, -0.15) is 0 Å². The Labute approximate surface area is 103 Å². The fourth-order valence-corrected chi connectivity index (χ4v) is 2.81. The Morgan fingerprint density at radius 3 is 2.82 bits per heavy atom. The zero-order valence-electron chi connectivity index (χ0n) is 10.7. The summed E-state index contributed by atoms with van der Waals surface area (Å²) in [6.45, 7) is 4.85. The van der Waals surface area contributed by atoms with Crippen LogP contribution < -0.4 is 0 Å². The van der Waals surface area contributed by atoms with Gasteiger partial charge in [-0.15, -0.1) is 0 Å². The van der Waals surface area contributed by atoms with Crippen molar-refractivity contribution in [2.75, 3.05) is 6.61 Å². The summed E-state index contributed by atoms with van der Waals surface area (Å²) in [5.41, 5.74) is 2.71. The molecule has 1 aromatic rings. The maximum atomic E-state index is 9.30. The van der Waals surface area contributed by atoms with Crippen molar-refractivity contribution in [3.05, 3.63) is 35.8 Å². The minimum atomic E-state index is 0.277. The highest BCUT2D eigenvalue weighted by Crippen LogP contribution is 2.35. The lowest BCUT2D eigenvalue weighted by molar-refractivity contribution is 0.223. The quantitative estimate of drug-likeness (QED) is 0.810. The smallest absolute Gasteiger partial charge is 0.0937 e. The van der Waals surface area contributed by atoms with E-state index in [0.717, 1.165) is 12.8 Å². The molecule has 2 nitrogen and oxygen atoms in total. The number of rotatable bonds is 4. The van der Waals surface area contributed by atoms with E-state index in [1.165, 1.54) is 17.6 Å². The second-order valence-corrected chi connectivity index (χ2v) is 5.42. The van der Waals surface area contributed by atoms with Crippen molar-refractivity contribution in [3.8, 4) is 0 Å². The minimum Gasteiger partial charge on any atom is -0.472 e. The molecule has 1 aliphatic rings. The summed E-state index contributed by atoms with van der Waals surface area (Å²) in [5.74, 6) is 1.69. The average molecular weight is 234 g/mol. The van der Waals surface area contributed by atoms with Gasteiger partial charge in [0.2, 0.25) is 0 Å². The molecule has 1 aliphatic carbocycles. The number of hydrogen-bond donors (Lipinski definition) is 1. The molecule has 2 heteroatoms. The van der Waals surface area contributed by atoms with E-state index in [1.807, 2.05) is 12.3 Å². The summed E-state index contributed by atoms with van der Waals surface area (Å²) >= 11 is 0. The Balaban J connectivity index is 2.15. The minimum absolute atomic E-state index is 0.277. The second-order valence-electron chi connectivity index (χ2n) is 5.42. The molecule has 0 unspecified atom stereocenters. The van der Waals surface area contributed by atoms with Crippen LogP contribution in [0.15, 0.2) is 34.7 Å². The molecule has 1 aromatic heterocycles. The topological polar surface area (TPSA) is 33.4 Å². The van der Waals surface area contributed by atoms with E-state index in [2.05, 4.69) is 19.9 Å². The average Bonchev–Trinajstić information content (AvgIpc) is 2.81. The summed E-state index contributed by atoms with van der Waals surface area (Å²) < 4.78 is 5.13. The van der Waals surface area contributed by atoms with Crippen LogP contribution in [0.2, 0.25) is 0 Å². The van der Waals surface area contributed by atoms with Crippen molar-refractivity contribution in [3.63, 3.8) is 0 Å². The molecule has 1 N–H and O–H groups in total. The van der Waals surface area contributed by atoms with Gasteiger partial charge in [-0.25, -0.2) is 0 Å². The molecule has 0 spiro atoms. The van der Waals surface area contributed by atoms with Gasteiger partial charge in [0.15, 0.2) is 0 Å². The van der Waals surface area contributed by atoms with Gasteiger partial charge in [0.05, 0.1) is 12.5 Å². The van der Waals surface area contributed by atoms with Gasteiger partial charge in [0.1, 0.15) is 0 Å².